The maximum atomic E-state index is 9.53. The third-order valence-corrected chi connectivity index (χ3v) is 1.73. The summed E-state index contributed by atoms with van der Waals surface area (Å²) in [5, 5.41) is 21.4. The average molecular weight is 207 g/mol. The summed E-state index contributed by atoms with van der Waals surface area (Å²) in [5.74, 6) is 0. The first-order chi connectivity index (χ1) is 6.76. The molecule has 2 atom stereocenters. The van der Waals surface area contributed by atoms with Crippen LogP contribution in [0.15, 0.2) is 0 Å². The fourth-order valence-electron chi connectivity index (χ4n) is 0.988. The second kappa shape index (κ2) is 9.32. The Hall–Kier alpha value is -0.240. The zero-order valence-corrected chi connectivity index (χ0v) is 8.35. The number of aliphatic hydroxyl groups excluding tert-OH is 2. The van der Waals surface area contributed by atoms with Gasteiger partial charge < -0.3 is 31.7 Å². The van der Waals surface area contributed by atoms with E-state index in [2.05, 4.69) is 5.32 Å². The van der Waals surface area contributed by atoms with Crippen LogP contribution in [0, 0.1) is 0 Å². The van der Waals surface area contributed by atoms with Crippen molar-refractivity contribution in [1.29, 1.82) is 0 Å². The molecule has 14 heavy (non-hydrogen) atoms. The van der Waals surface area contributed by atoms with Crippen molar-refractivity contribution in [3.63, 3.8) is 0 Å². The number of nitrogens with two attached hydrogens (primary N) is 2. The second-order valence-electron chi connectivity index (χ2n) is 2.94. The van der Waals surface area contributed by atoms with E-state index in [1.165, 1.54) is 0 Å². The van der Waals surface area contributed by atoms with Gasteiger partial charge in [0.1, 0.15) is 6.10 Å². The third-order valence-electron chi connectivity index (χ3n) is 1.73. The first-order valence-electron chi connectivity index (χ1n) is 4.77. The summed E-state index contributed by atoms with van der Waals surface area (Å²) in [5.41, 5.74) is 10.5. The molecule has 0 spiro atoms. The molecule has 6 heteroatoms. The molecule has 86 valence electrons. The van der Waals surface area contributed by atoms with Crippen LogP contribution in [-0.4, -0.2) is 61.8 Å². The minimum absolute atomic E-state index is 0.217. The van der Waals surface area contributed by atoms with Crippen LogP contribution >= 0.6 is 0 Å². The van der Waals surface area contributed by atoms with Crippen molar-refractivity contribution in [1.82, 2.24) is 5.32 Å². The Bertz CT molecular complexity index is 126. The molecule has 0 amide bonds. The van der Waals surface area contributed by atoms with Crippen LogP contribution in [0.3, 0.4) is 0 Å². The van der Waals surface area contributed by atoms with Gasteiger partial charge >= 0.3 is 0 Å². The van der Waals surface area contributed by atoms with Crippen molar-refractivity contribution in [2.45, 2.75) is 12.2 Å². The molecule has 0 aliphatic carbocycles. The van der Waals surface area contributed by atoms with Gasteiger partial charge in [-0.05, 0) is 0 Å². The highest BCUT2D eigenvalue weighted by molar-refractivity contribution is 4.70. The summed E-state index contributed by atoms with van der Waals surface area (Å²) in [6.45, 7) is 1.99. The summed E-state index contributed by atoms with van der Waals surface area (Å²) >= 11 is 0. The number of aliphatic hydroxyl groups is 2. The third kappa shape index (κ3) is 6.25. The average Bonchev–Trinajstić information content (AvgIpc) is 2.19. The number of nitrogens with one attached hydrogen (secondary N) is 1. The van der Waals surface area contributed by atoms with Crippen molar-refractivity contribution in [2.24, 2.45) is 11.5 Å². The van der Waals surface area contributed by atoms with Crippen LogP contribution in [-0.2, 0) is 4.74 Å². The van der Waals surface area contributed by atoms with Gasteiger partial charge in [0.25, 0.3) is 0 Å². The Morgan fingerprint density at radius 2 is 2.00 bits per heavy atom. The van der Waals surface area contributed by atoms with Crippen LogP contribution in [0.2, 0.25) is 0 Å². The van der Waals surface area contributed by atoms with Crippen LogP contribution in [0.25, 0.3) is 0 Å². The SMILES string of the molecule is NCCNCC(O)C(CO)OCCN. The summed E-state index contributed by atoms with van der Waals surface area (Å²) in [6, 6.07) is 0. The molecule has 0 radical (unpaired) electrons. The Labute approximate surface area is 84.2 Å². The van der Waals surface area contributed by atoms with Crippen LogP contribution in [0.5, 0.6) is 0 Å². The molecule has 0 aromatic rings. The van der Waals surface area contributed by atoms with Gasteiger partial charge in [0.05, 0.1) is 19.3 Å². The van der Waals surface area contributed by atoms with Crippen LogP contribution in [0.1, 0.15) is 0 Å². The lowest BCUT2D eigenvalue weighted by Crippen LogP contribution is -2.42. The minimum Gasteiger partial charge on any atom is -0.394 e. The van der Waals surface area contributed by atoms with Crippen LogP contribution in [0.4, 0.5) is 0 Å². The highest BCUT2D eigenvalue weighted by Gasteiger charge is 2.17. The first-order valence-corrected chi connectivity index (χ1v) is 4.77. The number of hydrogen-bond acceptors (Lipinski definition) is 6. The van der Waals surface area contributed by atoms with E-state index < -0.39 is 12.2 Å². The molecular weight excluding hydrogens is 186 g/mol. The van der Waals surface area contributed by atoms with Crippen LogP contribution < -0.4 is 16.8 Å². The summed E-state index contributed by atoms with van der Waals surface area (Å²) < 4.78 is 5.14. The molecule has 0 aromatic carbocycles. The Kier molecular flexibility index (Phi) is 9.16. The predicted molar refractivity (Wildman–Crippen MR) is 53.8 cm³/mol. The fraction of sp³-hybridized carbons (Fsp3) is 1.00. The van der Waals surface area contributed by atoms with Gasteiger partial charge in [-0.3, -0.25) is 0 Å². The van der Waals surface area contributed by atoms with E-state index in [-0.39, 0.29) is 6.61 Å². The monoisotopic (exact) mass is 207 g/mol. The predicted octanol–water partition coefficient (Wildman–Crippen LogP) is -2.77. The fourth-order valence-corrected chi connectivity index (χ4v) is 0.988. The molecule has 0 fully saturated rings. The van der Waals surface area contributed by atoms with E-state index in [9.17, 15) is 5.11 Å². The summed E-state index contributed by atoms with van der Waals surface area (Å²) in [6.07, 6.45) is -1.32. The van der Waals surface area contributed by atoms with E-state index in [1.54, 1.807) is 0 Å². The van der Waals surface area contributed by atoms with E-state index in [4.69, 9.17) is 21.3 Å². The van der Waals surface area contributed by atoms with Gasteiger partial charge in [-0.25, -0.2) is 0 Å². The normalized spacial score (nSPS) is 15.4. The highest BCUT2D eigenvalue weighted by Crippen LogP contribution is 1.97. The summed E-state index contributed by atoms with van der Waals surface area (Å²) in [7, 11) is 0. The zero-order valence-electron chi connectivity index (χ0n) is 8.35. The largest absolute Gasteiger partial charge is 0.394 e. The molecule has 0 aromatic heterocycles. The highest BCUT2D eigenvalue weighted by atomic mass is 16.5. The molecule has 0 saturated carbocycles. The number of ether oxygens (including phenoxy) is 1. The van der Waals surface area contributed by atoms with Gasteiger partial charge in [-0.1, -0.05) is 0 Å². The van der Waals surface area contributed by atoms with Gasteiger partial charge in [-0.2, -0.15) is 0 Å². The van der Waals surface area contributed by atoms with Gasteiger partial charge in [0.15, 0.2) is 0 Å². The Balaban J connectivity index is 3.61. The number of hydrogen-bond donors (Lipinski definition) is 5. The Morgan fingerprint density at radius 3 is 2.50 bits per heavy atom. The molecular formula is C8H21N3O3. The lowest BCUT2D eigenvalue weighted by molar-refractivity contribution is -0.0592. The van der Waals surface area contributed by atoms with Gasteiger partial charge in [-0.15, -0.1) is 0 Å². The smallest absolute Gasteiger partial charge is 0.108 e. The standard InChI is InChI=1S/C8H21N3O3/c9-1-3-11-5-7(13)8(6-12)14-4-2-10/h7-8,11-13H,1-6,9-10H2. The maximum Gasteiger partial charge on any atom is 0.108 e. The first kappa shape index (κ1) is 13.8. The molecule has 6 nitrogen and oxygen atoms in total. The van der Waals surface area contributed by atoms with E-state index in [1.807, 2.05) is 0 Å². The zero-order chi connectivity index (χ0) is 10.8. The molecule has 0 aliphatic heterocycles. The van der Waals surface area contributed by atoms with E-state index in [0.717, 1.165) is 0 Å². The van der Waals surface area contributed by atoms with E-state index >= 15 is 0 Å². The second-order valence-corrected chi connectivity index (χ2v) is 2.94. The molecule has 0 saturated heterocycles. The molecule has 0 bridgehead atoms. The quantitative estimate of drug-likeness (QED) is 0.262. The van der Waals surface area contributed by atoms with Crippen molar-refractivity contribution >= 4 is 0 Å². The molecule has 0 heterocycles. The van der Waals surface area contributed by atoms with Gasteiger partial charge in [0.2, 0.25) is 0 Å². The maximum absolute atomic E-state index is 9.53. The van der Waals surface area contributed by atoms with Crippen molar-refractivity contribution in [3.8, 4) is 0 Å². The molecule has 0 rings (SSSR count). The van der Waals surface area contributed by atoms with Crippen molar-refractivity contribution in [2.75, 3.05) is 39.4 Å². The van der Waals surface area contributed by atoms with Crippen molar-refractivity contribution < 1.29 is 14.9 Å². The molecule has 7 N–H and O–H groups in total. The lowest BCUT2D eigenvalue weighted by Gasteiger charge is -2.21. The van der Waals surface area contributed by atoms with E-state index in [0.29, 0.717) is 32.8 Å². The van der Waals surface area contributed by atoms with Crippen molar-refractivity contribution in [3.05, 3.63) is 0 Å². The Morgan fingerprint density at radius 1 is 1.29 bits per heavy atom. The molecule has 0 aliphatic rings. The number of rotatable bonds is 9. The minimum atomic E-state index is -0.738. The topological polar surface area (TPSA) is 114 Å². The summed E-state index contributed by atoms with van der Waals surface area (Å²) in [4.78, 5) is 0. The molecule has 2 unspecified atom stereocenters. The lowest BCUT2D eigenvalue weighted by atomic mass is 10.2. The van der Waals surface area contributed by atoms with Gasteiger partial charge in [0, 0.05) is 26.2 Å².